The predicted octanol–water partition coefficient (Wildman–Crippen LogP) is 1.23. The zero-order valence-corrected chi connectivity index (χ0v) is 13.5. The van der Waals surface area contributed by atoms with E-state index in [1.807, 2.05) is 30.3 Å². The first kappa shape index (κ1) is 16.5. The molecule has 0 aliphatic rings. The molecule has 0 atom stereocenters. The molecule has 0 bridgehead atoms. The fourth-order valence-corrected chi connectivity index (χ4v) is 2.42. The van der Waals surface area contributed by atoms with Gasteiger partial charge in [-0.1, -0.05) is 30.3 Å². The minimum atomic E-state index is -0.587. The van der Waals surface area contributed by atoms with E-state index in [1.165, 1.54) is 27.8 Å². The van der Waals surface area contributed by atoms with Crippen molar-refractivity contribution >= 4 is 5.95 Å². The molecule has 0 saturated carbocycles. The van der Waals surface area contributed by atoms with Gasteiger partial charge in [0.1, 0.15) is 5.82 Å². The molecule has 0 spiro atoms. The van der Waals surface area contributed by atoms with E-state index in [9.17, 15) is 15.0 Å². The van der Waals surface area contributed by atoms with Gasteiger partial charge in [-0.05, 0) is 24.6 Å². The number of aromatic hydroxyl groups is 2. The van der Waals surface area contributed by atoms with Crippen molar-refractivity contribution < 1.29 is 10.2 Å². The number of aromatic nitrogens is 3. The Kier molecular flexibility index (Phi) is 4.36. The van der Waals surface area contributed by atoms with Crippen LogP contribution >= 0.6 is 0 Å². The highest BCUT2D eigenvalue weighted by atomic mass is 16.3. The van der Waals surface area contributed by atoms with Gasteiger partial charge in [0.15, 0.2) is 11.5 Å². The minimum absolute atomic E-state index is 0.102. The fraction of sp³-hybridized carbons (Fsp3) is 0.118. The number of anilines is 1. The summed E-state index contributed by atoms with van der Waals surface area (Å²) in [5.41, 5.74) is 0.714. The summed E-state index contributed by atoms with van der Waals surface area (Å²) in [6.45, 7) is 1.98. The molecular weight excluding hydrogens is 322 g/mol. The maximum Gasteiger partial charge on any atom is 0.356 e. The second kappa shape index (κ2) is 6.62. The highest BCUT2D eigenvalue weighted by Gasteiger charge is 2.14. The lowest BCUT2D eigenvalue weighted by Crippen LogP contribution is -2.36. The van der Waals surface area contributed by atoms with Crippen molar-refractivity contribution in [2.24, 2.45) is 5.84 Å². The van der Waals surface area contributed by atoms with Crippen LogP contribution in [0.4, 0.5) is 5.95 Å². The highest BCUT2D eigenvalue weighted by molar-refractivity contribution is 5.47. The molecule has 2 aromatic carbocycles. The topological polar surface area (TPSA) is 118 Å². The maximum atomic E-state index is 12.4. The number of nitrogens with two attached hydrogens (primary N) is 1. The first-order valence-corrected chi connectivity index (χ1v) is 7.52. The Bertz CT molecular complexity index is 956. The molecule has 0 amide bonds. The summed E-state index contributed by atoms with van der Waals surface area (Å²) in [7, 11) is 0. The van der Waals surface area contributed by atoms with Gasteiger partial charge in [-0.25, -0.2) is 15.2 Å². The molecule has 8 nitrogen and oxygen atoms in total. The molecule has 1 heterocycles. The van der Waals surface area contributed by atoms with Gasteiger partial charge < -0.3 is 10.2 Å². The van der Waals surface area contributed by atoms with E-state index in [0.29, 0.717) is 18.1 Å². The van der Waals surface area contributed by atoms with Gasteiger partial charge in [-0.3, -0.25) is 5.01 Å². The van der Waals surface area contributed by atoms with Crippen molar-refractivity contribution in [2.75, 3.05) is 5.01 Å². The number of phenols is 2. The van der Waals surface area contributed by atoms with Gasteiger partial charge in [-0.15, -0.1) is 0 Å². The van der Waals surface area contributed by atoms with E-state index in [0.717, 1.165) is 5.56 Å². The lowest BCUT2D eigenvalue weighted by atomic mass is 10.2. The second-order valence-corrected chi connectivity index (χ2v) is 5.48. The van der Waals surface area contributed by atoms with Crippen LogP contribution in [0.15, 0.2) is 53.3 Å². The largest absolute Gasteiger partial charge is 0.504 e. The SMILES string of the molecule is Cc1nc(N(N)Cc2ccccc2)nc(=O)n1-c1ccc(O)c(O)c1. The van der Waals surface area contributed by atoms with E-state index in [1.54, 1.807) is 6.92 Å². The Morgan fingerprint density at radius 1 is 1.08 bits per heavy atom. The number of aryl methyl sites for hydroxylation is 1. The fourth-order valence-electron chi connectivity index (χ4n) is 2.42. The Hall–Kier alpha value is -3.39. The van der Waals surface area contributed by atoms with E-state index in [4.69, 9.17) is 5.84 Å². The third-order valence-electron chi connectivity index (χ3n) is 3.64. The van der Waals surface area contributed by atoms with Gasteiger partial charge in [0.2, 0.25) is 5.95 Å². The van der Waals surface area contributed by atoms with E-state index in [2.05, 4.69) is 9.97 Å². The zero-order chi connectivity index (χ0) is 18.0. The summed E-state index contributed by atoms with van der Waals surface area (Å²) in [6, 6.07) is 13.5. The zero-order valence-electron chi connectivity index (χ0n) is 13.5. The molecule has 1 aromatic heterocycles. The van der Waals surface area contributed by atoms with Crippen molar-refractivity contribution in [3.8, 4) is 17.2 Å². The van der Waals surface area contributed by atoms with Crippen molar-refractivity contribution in [1.82, 2.24) is 14.5 Å². The van der Waals surface area contributed by atoms with E-state index < -0.39 is 5.69 Å². The molecule has 0 fully saturated rings. The van der Waals surface area contributed by atoms with Gasteiger partial charge >= 0.3 is 5.69 Å². The minimum Gasteiger partial charge on any atom is -0.504 e. The number of rotatable bonds is 4. The average Bonchev–Trinajstić information content (AvgIpc) is 2.58. The van der Waals surface area contributed by atoms with Gasteiger partial charge in [0.25, 0.3) is 0 Å². The van der Waals surface area contributed by atoms with E-state index in [-0.39, 0.29) is 17.4 Å². The number of hydrogen-bond acceptors (Lipinski definition) is 7. The summed E-state index contributed by atoms with van der Waals surface area (Å²) in [4.78, 5) is 20.6. The van der Waals surface area contributed by atoms with Crippen LogP contribution in [0.25, 0.3) is 5.69 Å². The van der Waals surface area contributed by atoms with Crippen molar-refractivity contribution in [3.05, 3.63) is 70.4 Å². The van der Waals surface area contributed by atoms with E-state index >= 15 is 0 Å². The van der Waals surface area contributed by atoms with Crippen molar-refractivity contribution in [3.63, 3.8) is 0 Å². The Balaban J connectivity index is 1.94. The second-order valence-electron chi connectivity index (χ2n) is 5.48. The monoisotopic (exact) mass is 339 g/mol. The average molecular weight is 339 g/mol. The highest BCUT2D eigenvalue weighted by Crippen LogP contribution is 2.26. The number of phenolic OH excluding ortho intramolecular Hbond substituents is 2. The summed E-state index contributed by atoms with van der Waals surface area (Å²) in [6.07, 6.45) is 0. The summed E-state index contributed by atoms with van der Waals surface area (Å²) >= 11 is 0. The number of hydrazine groups is 1. The molecule has 0 radical (unpaired) electrons. The Labute approximate surface area is 143 Å². The van der Waals surface area contributed by atoms with Gasteiger partial charge in [0.05, 0.1) is 12.2 Å². The Morgan fingerprint density at radius 3 is 2.44 bits per heavy atom. The van der Waals surface area contributed by atoms with Crippen LogP contribution in [-0.4, -0.2) is 24.7 Å². The smallest absolute Gasteiger partial charge is 0.356 e. The predicted molar refractivity (Wildman–Crippen MR) is 92.5 cm³/mol. The Morgan fingerprint density at radius 2 is 1.80 bits per heavy atom. The van der Waals surface area contributed by atoms with Crippen LogP contribution in [0, 0.1) is 6.92 Å². The van der Waals surface area contributed by atoms with Crippen LogP contribution in [0.5, 0.6) is 11.5 Å². The first-order valence-electron chi connectivity index (χ1n) is 7.52. The molecule has 3 aromatic rings. The molecule has 0 saturated heterocycles. The molecular formula is C17H17N5O3. The van der Waals surface area contributed by atoms with Gasteiger partial charge in [-0.2, -0.15) is 9.97 Å². The molecule has 128 valence electrons. The molecule has 25 heavy (non-hydrogen) atoms. The first-order chi connectivity index (χ1) is 12.0. The number of hydrogen-bond donors (Lipinski definition) is 3. The van der Waals surface area contributed by atoms with Crippen molar-refractivity contribution in [2.45, 2.75) is 13.5 Å². The summed E-state index contributed by atoms with van der Waals surface area (Å²) < 4.78 is 1.22. The third-order valence-corrected chi connectivity index (χ3v) is 3.64. The normalized spacial score (nSPS) is 10.6. The maximum absolute atomic E-state index is 12.4. The van der Waals surface area contributed by atoms with Crippen LogP contribution < -0.4 is 16.5 Å². The molecule has 3 rings (SSSR count). The number of benzene rings is 2. The summed E-state index contributed by atoms with van der Waals surface area (Å²) in [5, 5.41) is 20.3. The van der Waals surface area contributed by atoms with Crippen LogP contribution in [-0.2, 0) is 6.54 Å². The lowest BCUT2D eigenvalue weighted by molar-refractivity contribution is 0.403. The quantitative estimate of drug-likeness (QED) is 0.372. The standard InChI is InChI=1S/C17H17N5O3/c1-11-19-16(21(18)10-12-5-3-2-4-6-12)20-17(25)22(11)13-7-8-14(23)15(24)9-13/h2-9,23-24H,10,18H2,1H3. The molecule has 0 unspecified atom stereocenters. The summed E-state index contributed by atoms with van der Waals surface area (Å²) in [5.74, 6) is 5.83. The van der Waals surface area contributed by atoms with Crippen LogP contribution in [0.1, 0.15) is 11.4 Å². The van der Waals surface area contributed by atoms with Crippen LogP contribution in [0.2, 0.25) is 0 Å². The van der Waals surface area contributed by atoms with Gasteiger partial charge in [0, 0.05) is 6.07 Å². The van der Waals surface area contributed by atoms with Crippen molar-refractivity contribution in [1.29, 1.82) is 0 Å². The molecule has 4 N–H and O–H groups in total. The van der Waals surface area contributed by atoms with Crippen LogP contribution in [0.3, 0.4) is 0 Å². The molecule has 0 aliphatic heterocycles. The molecule has 8 heteroatoms. The number of nitrogens with zero attached hydrogens (tertiary/aromatic N) is 4. The molecule has 0 aliphatic carbocycles. The lowest BCUT2D eigenvalue weighted by Gasteiger charge is -2.18. The third kappa shape index (κ3) is 3.43.